The Kier molecular flexibility index (Phi) is 4.77. The Balaban J connectivity index is 2.00. The first-order chi connectivity index (χ1) is 10.2. The van der Waals surface area contributed by atoms with Gasteiger partial charge in [-0.1, -0.05) is 18.0 Å². The van der Waals surface area contributed by atoms with Crippen molar-refractivity contribution in [3.05, 3.63) is 22.2 Å². The minimum Gasteiger partial charge on any atom is -0.381 e. The van der Waals surface area contributed by atoms with Crippen molar-refractivity contribution in [1.82, 2.24) is 9.97 Å². The monoisotopic (exact) mass is 310 g/mol. The second kappa shape index (κ2) is 6.59. The topological polar surface area (TPSA) is 44.2 Å². The van der Waals surface area contributed by atoms with Crippen molar-refractivity contribution in [2.75, 3.05) is 19.8 Å². The van der Waals surface area contributed by atoms with Crippen molar-refractivity contribution in [2.45, 2.75) is 57.5 Å². The number of aryl methyl sites for hydroxylation is 1. The molecule has 0 radical (unpaired) electrons. The summed E-state index contributed by atoms with van der Waals surface area (Å²) >= 11 is 6.46. The molecule has 1 aromatic rings. The molecule has 0 aromatic carbocycles. The van der Waals surface area contributed by atoms with E-state index < -0.39 is 5.60 Å². The molecule has 1 fully saturated rings. The minimum atomic E-state index is -0.419. The lowest BCUT2D eigenvalue weighted by Crippen LogP contribution is -2.38. The van der Waals surface area contributed by atoms with Gasteiger partial charge >= 0.3 is 0 Å². The van der Waals surface area contributed by atoms with Crippen LogP contribution >= 0.6 is 11.6 Å². The van der Waals surface area contributed by atoms with Crippen LogP contribution in [0.1, 0.15) is 56.1 Å². The molecule has 1 aromatic heterocycles. The summed E-state index contributed by atoms with van der Waals surface area (Å²) in [7, 11) is 0. The van der Waals surface area contributed by atoms with Crippen LogP contribution in [0.3, 0.4) is 0 Å². The third-order valence-electron chi connectivity index (χ3n) is 4.51. The average molecular weight is 311 g/mol. The summed E-state index contributed by atoms with van der Waals surface area (Å²) in [6.07, 6.45) is 7.21. The largest absolute Gasteiger partial charge is 0.381 e. The molecule has 2 aliphatic rings. The van der Waals surface area contributed by atoms with E-state index in [4.69, 9.17) is 26.1 Å². The van der Waals surface area contributed by atoms with E-state index in [0.717, 1.165) is 42.8 Å². The molecule has 1 aliphatic heterocycles. The quantitative estimate of drug-likeness (QED) is 0.633. The fourth-order valence-electron chi connectivity index (χ4n) is 3.34. The SMILES string of the molecule is CCOC1(c2nc(Cl)c3c(n2)CCCCC3)CCOCC1. The molecule has 21 heavy (non-hydrogen) atoms. The van der Waals surface area contributed by atoms with Crippen LogP contribution in [0.5, 0.6) is 0 Å². The number of nitrogens with zero attached hydrogens (tertiary/aromatic N) is 2. The molecule has 0 bridgehead atoms. The number of fused-ring (bicyclic) bond motifs is 1. The Morgan fingerprint density at radius 3 is 2.67 bits per heavy atom. The first-order valence-electron chi connectivity index (χ1n) is 8.02. The summed E-state index contributed by atoms with van der Waals surface area (Å²) in [6, 6.07) is 0. The van der Waals surface area contributed by atoms with E-state index in [2.05, 4.69) is 4.98 Å². The Morgan fingerprint density at radius 1 is 1.14 bits per heavy atom. The van der Waals surface area contributed by atoms with Crippen LogP contribution in [0, 0.1) is 0 Å². The third-order valence-corrected chi connectivity index (χ3v) is 4.82. The van der Waals surface area contributed by atoms with Crippen molar-refractivity contribution < 1.29 is 9.47 Å². The van der Waals surface area contributed by atoms with E-state index in [9.17, 15) is 0 Å². The van der Waals surface area contributed by atoms with E-state index in [0.29, 0.717) is 25.0 Å². The van der Waals surface area contributed by atoms with E-state index in [1.807, 2.05) is 6.92 Å². The highest BCUT2D eigenvalue weighted by molar-refractivity contribution is 6.30. The molecule has 116 valence electrons. The number of aromatic nitrogens is 2. The number of hydrogen-bond donors (Lipinski definition) is 0. The number of rotatable bonds is 3. The predicted octanol–water partition coefficient (Wildman–Crippen LogP) is 3.44. The maximum atomic E-state index is 6.46. The van der Waals surface area contributed by atoms with Crippen molar-refractivity contribution in [2.24, 2.45) is 0 Å². The summed E-state index contributed by atoms with van der Waals surface area (Å²) in [4.78, 5) is 9.49. The van der Waals surface area contributed by atoms with Gasteiger partial charge in [-0.15, -0.1) is 0 Å². The van der Waals surface area contributed by atoms with E-state index in [1.165, 1.54) is 19.3 Å². The molecule has 3 rings (SSSR count). The second-order valence-electron chi connectivity index (χ2n) is 5.86. The minimum absolute atomic E-state index is 0.419. The molecular formula is C16H23ClN2O2. The summed E-state index contributed by atoms with van der Waals surface area (Å²) < 4.78 is 11.6. The second-order valence-corrected chi connectivity index (χ2v) is 6.22. The van der Waals surface area contributed by atoms with Crippen LogP contribution in [-0.2, 0) is 27.9 Å². The van der Waals surface area contributed by atoms with Gasteiger partial charge in [0.2, 0.25) is 0 Å². The standard InChI is InChI=1S/C16H23ClN2O2/c1-2-21-16(8-10-20-11-9-16)15-18-13-7-5-3-4-6-12(13)14(17)19-15/h2-11H2,1H3. The van der Waals surface area contributed by atoms with E-state index in [-0.39, 0.29) is 0 Å². The lowest BCUT2D eigenvalue weighted by molar-refractivity contribution is -0.118. The number of halogens is 1. The maximum absolute atomic E-state index is 6.46. The third kappa shape index (κ3) is 3.08. The molecule has 0 atom stereocenters. The Hall–Kier alpha value is -0.710. The zero-order chi connectivity index (χ0) is 14.7. The highest BCUT2D eigenvalue weighted by atomic mass is 35.5. The van der Waals surface area contributed by atoms with Crippen LogP contribution in [-0.4, -0.2) is 29.8 Å². The van der Waals surface area contributed by atoms with Crippen LogP contribution in [0.15, 0.2) is 0 Å². The molecule has 0 unspecified atom stereocenters. The lowest BCUT2D eigenvalue weighted by atomic mass is 9.92. The van der Waals surface area contributed by atoms with Gasteiger partial charge in [-0.3, -0.25) is 0 Å². The molecular weight excluding hydrogens is 288 g/mol. The van der Waals surface area contributed by atoms with Gasteiger partial charge in [0.1, 0.15) is 10.8 Å². The van der Waals surface area contributed by atoms with Crippen molar-refractivity contribution in [3.63, 3.8) is 0 Å². The van der Waals surface area contributed by atoms with Crippen molar-refractivity contribution in [1.29, 1.82) is 0 Å². The van der Waals surface area contributed by atoms with E-state index >= 15 is 0 Å². The Morgan fingerprint density at radius 2 is 1.90 bits per heavy atom. The van der Waals surface area contributed by atoms with Crippen molar-refractivity contribution in [3.8, 4) is 0 Å². The smallest absolute Gasteiger partial charge is 0.162 e. The normalized spacial score (nSPS) is 21.6. The molecule has 5 heteroatoms. The molecule has 0 spiro atoms. The highest BCUT2D eigenvalue weighted by Gasteiger charge is 2.39. The number of hydrogen-bond acceptors (Lipinski definition) is 4. The fraction of sp³-hybridized carbons (Fsp3) is 0.750. The average Bonchev–Trinajstić information content (AvgIpc) is 2.74. The van der Waals surface area contributed by atoms with Gasteiger partial charge in [0.25, 0.3) is 0 Å². The molecule has 0 N–H and O–H groups in total. The van der Waals surface area contributed by atoms with Gasteiger partial charge in [-0.25, -0.2) is 9.97 Å². The Labute approximate surface area is 131 Å². The van der Waals surface area contributed by atoms with Gasteiger partial charge in [0.15, 0.2) is 5.82 Å². The molecule has 2 heterocycles. The first-order valence-corrected chi connectivity index (χ1v) is 8.40. The molecule has 1 saturated heterocycles. The van der Waals surface area contributed by atoms with Gasteiger partial charge in [-0.2, -0.15) is 0 Å². The highest BCUT2D eigenvalue weighted by Crippen LogP contribution is 2.36. The van der Waals surface area contributed by atoms with Crippen LogP contribution < -0.4 is 0 Å². The van der Waals surface area contributed by atoms with Gasteiger partial charge < -0.3 is 9.47 Å². The van der Waals surface area contributed by atoms with Gasteiger partial charge in [0, 0.05) is 43.9 Å². The summed E-state index contributed by atoms with van der Waals surface area (Å²) in [5.41, 5.74) is 1.86. The number of ether oxygens (including phenoxy) is 2. The van der Waals surface area contributed by atoms with Gasteiger partial charge in [0.05, 0.1) is 0 Å². The maximum Gasteiger partial charge on any atom is 0.162 e. The first kappa shape index (κ1) is 15.2. The summed E-state index contributed by atoms with van der Waals surface area (Å²) in [5.74, 6) is 0.762. The van der Waals surface area contributed by atoms with Crippen LogP contribution in [0.25, 0.3) is 0 Å². The van der Waals surface area contributed by atoms with Gasteiger partial charge in [-0.05, 0) is 32.6 Å². The Bertz CT molecular complexity index is 496. The summed E-state index contributed by atoms with van der Waals surface area (Å²) in [6.45, 7) is 4.05. The molecule has 4 nitrogen and oxygen atoms in total. The predicted molar refractivity (Wildman–Crippen MR) is 81.7 cm³/mol. The molecule has 0 amide bonds. The zero-order valence-electron chi connectivity index (χ0n) is 12.7. The summed E-state index contributed by atoms with van der Waals surface area (Å²) in [5, 5.41) is 0.627. The van der Waals surface area contributed by atoms with Crippen molar-refractivity contribution >= 4 is 11.6 Å². The lowest BCUT2D eigenvalue weighted by Gasteiger charge is -2.35. The fourth-order valence-corrected chi connectivity index (χ4v) is 3.62. The van der Waals surface area contributed by atoms with Crippen LogP contribution in [0.2, 0.25) is 5.15 Å². The zero-order valence-corrected chi connectivity index (χ0v) is 13.4. The molecule has 1 aliphatic carbocycles. The van der Waals surface area contributed by atoms with E-state index in [1.54, 1.807) is 0 Å². The molecule has 0 saturated carbocycles. The van der Waals surface area contributed by atoms with Crippen LogP contribution in [0.4, 0.5) is 0 Å².